The Morgan fingerprint density at radius 1 is 1.47 bits per heavy atom. The van der Waals surface area contributed by atoms with Crippen LogP contribution in [-0.2, 0) is 11.3 Å². The number of benzene rings is 1. The van der Waals surface area contributed by atoms with E-state index in [1.807, 2.05) is 12.1 Å². The van der Waals surface area contributed by atoms with E-state index in [-0.39, 0.29) is 11.7 Å². The van der Waals surface area contributed by atoms with Crippen LogP contribution in [-0.4, -0.2) is 36.1 Å². The molecule has 1 aliphatic rings. The van der Waals surface area contributed by atoms with E-state index in [9.17, 15) is 9.90 Å². The van der Waals surface area contributed by atoms with Gasteiger partial charge in [-0.2, -0.15) is 0 Å². The molecule has 1 aromatic carbocycles. The number of phenols is 1. The van der Waals surface area contributed by atoms with Crippen molar-refractivity contribution >= 4 is 5.91 Å². The molecule has 4 nitrogen and oxygen atoms in total. The molecule has 1 amide bonds. The van der Waals surface area contributed by atoms with Gasteiger partial charge in [0.05, 0.1) is 0 Å². The van der Waals surface area contributed by atoms with Gasteiger partial charge in [-0.3, -0.25) is 4.79 Å². The lowest BCUT2D eigenvalue weighted by atomic mass is 9.95. The van der Waals surface area contributed by atoms with Crippen molar-refractivity contribution < 1.29 is 9.90 Å². The summed E-state index contributed by atoms with van der Waals surface area (Å²) < 4.78 is 0. The molecule has 19 heavy (non-hydrogen) atoms. The number of rotatable bonds is 4. The number of nitrogens with zero attached hydrogens (tertiary/aromatic N) is 1. The van der Waals surface area contributed by atoms with Gasteiger partial charge in [0.2, 0.25) is 5.91 Å². The van der Waals surface area contributed by atoms with E-state index >= 15 is 0 Å². The minimum atomic E-state index is 0.150. The van der Waals surface area contributed by atoms with Gasteiger partial charge >= 0.3 is 0 Å². The molecule has 1 unspecified atom stereocenters. The summed E-state index contributed by atoms with van der Waals surface area (Å²) in [5.41, 5.74) is 0.792. The number of piperidine rings is 1. The van der Waals surface area contributed by atoms with Crippen molar-refractivity contribution in [2.75, 3.05) is 20.1 Å². The SMILES string of the molecule is CN(Cc1ccccc1O)C(=O)CC1CCCNC1. The van der Waals surface area contributed by atoms with Crippen LogP contribution >= 0.6 is 0 Å². The van der Waals surface area contributed by atoms with E-state index in [1.165, 1.54) is 0 Å². The van der Waals surface area contributed by atoms with E-state index in [0.29, 0.717) is 18.9 Å². The van der Waals surface area contributed by atoms with Crippen LogP contribution in [0, 0.1) is 5.92 Å². The van der Waals surface area contributed by atoms with Gasteiger partial charge in [0.1, 0.15) is 5.75 Å². The summed E-state index contributed by atoms with van der Waals surface area (Å²) in [7, 11) is 1.80. The van der Waals surface area contributed by atoms with Crippen LogP contribution in [0.25, 0.3) is 0 Å². The highest BCUT2D eigenvalue weighted by Crippen LogP contribution is 2.19. The molecular formula is C15H22N2O2. The fourth-order valence-corrected chi connectivity index (χ4v) is 2.49. The zero-order valence-electron chi connectivity index (χ0n) is 11.4. The molecule has 1 atom stereocenters. The molecule has 0 aliphatic carbocycles. The Morgan fingerprint density at radius 2 is 2.26 bits per heavy atom. The molecule has 0 radical (unpaired) electrons. The Kier molecular flexibility index (Phi) is 4.80. The van der Waals surface area contributed by atoms with Crippen molar-refractivity contribution in [1.82, 2.24) is 10.2 Å². The van der Waals surface area contributed by atoms with Gasteiger partial charge in [-0.25, -0.2) is 0 Å². The third kappa shape index (κ3) is 3.96. The second-order valence-corrected chi connectivity index (χ2v) is 5.30. The minimum Gasteiger partial charge on any atom is -0.508 e. The molecule has 0 saturated carbocycles. The van der Waals surface area contributed by atoms with Crippen molar-refractivity contribution in [2.45, 2.75) is 25.8 Å². The van der Waals surface area contributed by atoms with Gasteiger partial charge in [-0.15, -0.1) is 0 Å². The minimum absolute atomic E-state index is 0.150. The smallest absolute Gasteiger partial charge is 0.222 e. The summed E-state index contributed by atoms with van der Waals surface area (Å²) in [6.07, 6.45) is 2.88. The average molecular weight is 262 g/mol. The predicted octanol–water partition coefficient (Wildman–Crippen LogP) is 1.74. The van der Waals surface area contributed by atoms with Gasteiger partial charge in [0.25, 0.3) is 0 Å². The first-order valence-corrected chi connectivity index (χ1v) is 6.88. The molecule has 4 heteroatoms. The first-order chi connectivity index (χ1) is 9.16. The third-order valence-electron chi connectivity index (χ3n) is 3.69. The number of aromatic hydroxyl groups is 1. The van der Waals surface area contributed by atoms with Gasteiger partial charge in [0, 0.05) is 25.6 Å². The zero-order valence-corrected chi connectivity index (χ0v) is 11.4. The molecule has 104 valence electrons. The van der Waals surface area contributed by atoms with E-state index in [2.05, 4.69) is 5.32 Å². The van der Waals surface area contributed by atoms with Crippen molar-refractivity contribution in [3.63, 3.8) is 0 Å². The zero-order chi connectivity index (χ0) is 13.7. The molecule has 1 fully saturated rings. The molecule has 0 aromatic heterocycles. The summed E-state index contributed by atoms with van der Waals surface area (Å²) in [6.45, 7) is 2.47. The van der Waals surface area contributed by atoms with E-state index in [1.54, 1.807) is 24.1 Å². The summed E-state index contributed by atoms with van der Waals surface area (Å²) in [5.74, 6) is 0.853. The Morgan fingerprint density at radius 3 is 2.95 bits per heavy atom. The maximum atomic E-state index is 12.1. The number of phenolic OH excluding ortho intramolecular Hbond substituents is 1. The first kappa shape index (κ1) is 13.9. The maximum Gasteiger partial charge on any atom is 0.222 e. The van der Waals surface area contributed by atoms with Gasteiger partial charge in [0.15, 0.2) is 0 Å². The highest BCUT2D eigenvalue weighted by molar-refractivity contribution is 5.76. The van der Waals surface area contributed by atoms with Crippen LogP contribution in [0.4, 0.5) is 0 Å². The quantitative estimate of drug-likeness (QED) is 0.869. The molecular weight excluding hydrogens is 240 g/mol. The number of hydrogen-bond donors (Lipinski definition) is 2. The Hall–Kier alpha value is -1.55. The van der Waals surface area contributed by atoms with E-state index < -0.39 is 0 Å². The van der Waals surface area contributed by atoms with Gasteiger partial charge < -0.3 is 15.3 Å². The molecule has 1 aromatic rings. The van der Waals surface area contributed by atoms with Crippen LogP contribution in [0.5, 0.6) is 5.75 Å². The largest absolute Gasteiger partial charge is 0.508 e. The lowest BCUT2D eigenvalue weighted by Crippen LogP contribution is -2.34. The Labute approximate surface area is 114 Å². The van der Waals surface area contributed by atoms with Crippen LogP contribution in [0.15, 0.2) is 24.3 Å². The lowest BCUT2D eigenvalue weighted by Gasteiger charge is -2.25. The van der Waals surface area contributed by atoms with Gasteiger partial charge in [-0.05, 0) is 37.9 Å². The highest BCUT2D eigenvalue weighted by Gasteiger charge is 2.19. The van der Waals surface area contributed by atoms with Crippen molar-refractivity contribution in [2.24, 2.45) is 5.92 Å². The topological polar surface area (TPSA) is 52.6 Å². The number of carbonyl (C=O) groups is 1. The van der Waals surface area contributed by atoms with Crippen LogP contribution < -0.4 is 5.32 Å². The first-order valence-electron chi connectivity index (χ1n) is 6.88. The molecule has 1 saturated heterocycles. The normalized spacial score (nSPS) is 19.1. The highest BCUT2D eigenvalue weighted by atomic mass is 16.3. The van der Waals surface area contributed by atoms with Gasteiger partial charge in [-0.1, -0.05) is 18.2 Å². The summed E-state index contributed by atoms with van der Waals surface area (Å²) in [6, 6.07) is 7.16. The standard InChI is InChI=1S/C15H22N2O2/c1-17(11-13-6-2-3-7-14(13)18)15(19)9-12-5-4-8-16-10-12/h2-3,6-7,12,16,18H,4-5,8-11H2,1H3. The Balaban J connectivity index is 1.87. The molecule has 1 aliphatic heterocycles. The average Bonchev–Trinajstić information content (AvgIpc) is 2.42. The summed E-state index contributed by atoms with van der Waals surface area (Å²) in [5, 5.41) is 13.0. The number of para-hydroxylation sites is 1. The maximum absolute atomic E-state index is 12.1. The number of amides is 1. The van der Waals surface area contributed by atoms with Crippen molar-refractivity contribution in [1.29, 1.82) is 0 Å². The van der Waals surface area contributed by atoms with Crippen LogP contribution in [0.1, 0.15) is 24.8 Å². The van der Waals surface area contributed by atoms with E-state index in [0.717, 1.165) is 31.5 Å². The molecule has 0 spiro atoms. The van der Waals surface area contributed by atoms with Crippen molar-refractivity contribution in [3.05, 3.63) is 29.8 Å². The molecule has 2 N–H and O–H groups in total. The fourth-order valence-electron chi connectivity index (χ4n) is 2.49. The predicted molar refractivity (Wildman–Crippen MR) is 74.8 cm³/mol. The lowest BCUT2D eigenvalue weighted by molar-refractivity contribution is -0.131. The third-order valence-corrected chi connectivity index (χ3v) is 3.69. The summed E-state index contributed by atoms with van der Waals surface area (Å²) in [4.78, 5) is 13.8. The van der Waals surface area contributed by atoms with Crippen LogP contribution in [0.2, 0.25) is 0 Å². The molecule has 0 bridgehead atoms. The number of carbonyl (C=O) groups excluding carboxylic acids is 1. The molecule has 1 heterocycles. The van der Waals surface area contributed by atoms with E-state index in [4.69, 9.17) is 0 Å². The summed E-state index contributed by atoms with van der Waals surface area (Å²) >= 11 is 0. The fraction of sp³-hybridized carbons (Fsp3) is 0.533. The van der Waals surface area contributed by atoms with Crippen molar-refractivity contribution in [3.8, 4) is 5.75 Å². The number of hydrogen-bond acceptors (Lipinski definition) is 3. The second-order valence-electron chi connectivity index (χ2n) is 5.30. The van der Waals surface area contributed by atoms with Crippen LogP contribution in [0.3, 0.4) is 0 Å². The molecule has 2 rings (SSSR count). The number of nitrogens with one attached hydrogen (secondary N) is 1. The second kappa shape index (κ2) is 6.57. The Bertz CT molecular complexity index is 428. The monoisotopic (exact) mass is 262 g/mol.